The highest BCUT2D eigenvalue weighted by Crippen LogP contribution is 2.34. The molecule has 0 bridgehead atoms. The minimum Gasteiger partial charge on any atom is -0.492 e. The summed E-state index contributed by atoms with van der Waals surface area (Å²) in [5.74, 6) is 1.91. The average Bonchev–Trinajstić information content (AvgIpc) is 2.90. The van der Waals surface area contributed by atoms with Gasteiger partial charge in [-0.25, -0.2) is 19.9 Å². The van der Waals surface area contributed by atoms with Crippen molar-refractivity contribution in [2.24, 2.45) is 0 Å². The molecule has 2 aromatic heterocycles. The number of aromatic nitrogens is 4. The Morgan fingerprint density at radius 1 is 0.861 bits per heavy atom. The normalized spacial score (nSPS) is 10.9. The van der Waals surface area contributed by atoms with Gasteiger partial charge in [0.1, 0.15) is 30.2 Å². The van der Waals surface area contributed by atoms with E-state index in [0.717, 1.165) is 31.1 Å². The summed E-state index contributed by atoms with van der Waals surface area (Å²) in [7, 11) is 0. The maximum Gasteiger partial charge on any atom is 0.158 e. The molecular formula is C26H27Cl2N7O. The van der Waals surface area contributed by atoms with E-state index in [1.807, 2.05) is 24.3 Å². The highest BCUT2D eigenvalue weighted by atomic mass is 35.5. The number of hydrogen-bond donors (Lipinski definition) is 2. The first-order valence-corrected chi connectivity index (χ1v) is 12.4. The fraction of sp³-hybridized carbons (Fsp3) is 0.231. The van der Waals surface area contributed by atoms with Crippen molar-refractivity contribution in [2.45, 2.75) is 13.8 Å². The monoisotopic (exact) mass is 523 g/mol. The van der Waals surface area contributed by atoms with Gasteiger partial charge in [0.05, 0.1) is 21.4 Å². The third-order valence-corrected chi connectivity index (χ3v) is 6.14. The lowest BCUT2D eigenvalue weighted by molar-refractivity contribution is 0.223. The van der Waals surface area contributed by atoms with E-state index in [1.165, 1.54) is 6.33 Å². The van der Waals surface area contributed by atoms with Crippen LogP contribution in [0, 0.1) is 0 Å². The minimum atomic E-state index is 0.475. The quantitative estimate of drug-likeness (QED) is 0.232. The molecule has 0 saturated heterocycles. The Bertz CT molecular complexity index is 1260. The minimum absolute atomic E-state index is 0.475. The van der Waals surface area contributed by atoms with Crippen LogP contribution in [0.3, 0.4) is 0 Å². The number of nitrogens with zero attached hydrogens (tertiary/aromatic N) is 5. The molecule has 0 fully saturated rings. The molecule has 0 saturated carbocycles. The lowest BCUT2D eigenvalue weighted by Crippen LogP contribution is -2.27. The summed E-state index contributed by atoms with van der Waals surface area (Å²) >= 11 is 12.6. The summed E-state index contributed by atoms with van der Waals surface area (Å²) in [6.07, 6.45) is 4.66. The molecule has 4 rings (SSSR count). The predicted octanol–water partition coefficient (Wildman–Crippen LogP) is 6.45. The van der Waals surface area contributed by atoms with Crippen LogP contribution < -0.4 is 15.4 Å². The van der Waals surface area contributed by atoms with Crippen molar-refractivity contribution in [3.8, 4) is 17.1 Å². The highest BCUT2D eigenvalue weighted by Gasteiger charge is 2.14. The van der Waals surface area contributed by atoms with Crippen LogP contribution >= 0.6 is 23.2 Å². The number of halogens is 2. The second kappa shape index (κ2) is 12.5. The molecular weight excluding hydrogens is 497 g/mol. The van der Waals surface area contributed by atoms with Crippen LogP contribution in [0.15, 0.2) is 67.3 Å². The Kier molecular flexibility index (Phi) is 8.89. The van der Waals surface area contributed by atoms with Gasteiger partial charge >= 0.3 is 0 Å². The van der Waals surface area contributed by atoms with Crippen LogP contribution in [0.25, 0.3) is 11.4 Å². The number of rotatable bonds is 11. The lowest BCUT2D eigenvalue weighted by atomic mass is 10.2. The number of benzene rings is 2. The smallest absolute Gasteiger partial charge is 0.158 e. The topological polar surface area (TPSA) is 88.1 Å². The molecule has 0 aliphatic heterocycles. The average molecular weight is 524 g/mol. The van der Waals surface area contributed by atoms with E-state index in [4.69, 9.17) is 27.9 Å². The van der Waals surface area contributed by atoms with Crippen molar-refractivity contribution < 1.29 is 4.74 Å². The number of hydrogen-bond acceptors (Lipinski definition) is 8. The van der Waals surface area contributed by atoms with Gasteiger partial charge in [0.15, 0.2) is 5.82 Å². The van der Waals surface area contributed by atoms with Crippen molar-refractivity contribution in [1.29, 1.82) is 0 Å². The molecule has 0 spiro atoms. The van der Waals surface area contributed by atoms with E-state index in [9.17, 15) is 0 Å². The van der Waals surface area contributed by atoms with Gasteiger partial charge in [0, 0.05) is 30.7 Å². The Balaban J connectivity index is 1.46. The molecule has 10 heteroatoms. The van der Waals surface area contributed by atoms with Crippen molar-refractivity contribution in [1.82, 2.24) is 24.8 Å². The summed E-state index contributed by atoms with van der Waals surface area (Å²) in [5, 5.41) is 7.43. The zero-order valence-electron chi connectivity index (χ0n) is 20.1. The van der Waals surface area contributed by atoms with Crippen LogP contribution in [-0.2, 0) is 0 Å². The third-order valence-electron chi connectivity index (χ3n) is 5.51. The third kappa shape index (κ3) is 6.60. The number of nitrogens with one attached hydrogen (secondary N) is 2. The van der Waals surface area contributed by atoms with Crippen molar-refractivity contribution >= 4 is 46.2 Å². The van der Waals surface area contributed by atoms with Gasteiger partial charge in [-0.05, 0) is 49.5 Å². The standard InChI is InChI=1S/C26H27Cl2N7O/c1-3-35(4-2)14-15-36-19-10-8-18(9-11-19)33-23-16-22(31-17-32-23)25-26(30-13-12-29-25)34-24-20(27)6-5-7-21(24)28/h5-13,16-17H,3-4,14-15H2,1-2H3,(H,30,34)(H,31,32,33). The van der Waals surface area contributed by atoms with Crippen molar-refractivity contribution in [2.75, 3.05) is 36.9 Å². The molecule has 8 nitrogen and oxygen atoms in total. The maximum absolute atomic E-state index is 6.32. The number of anilines is 4. The van der Waals surface area contributed by atoms with Gasteiger partial charge < -0.3 is 20.3 Å². The van der Waals surface area contributed by atoms with Crippen LogP contribution in [0.4, 0.5) is 23.0 Å². The van der Waals surface area contributed by atoms with Crippen LogP contribution in [0.5, 0.6) is 5.75 Å². The Morgan fingerprint density at radius 2 is 1.58 bits per heavy atom. The van der Waals surface area contributed by atoms with Gasteiger partial charge in [0.2, 0.25) is 0 Å². The van der Waals surface area contributed by atoms with Crippen molar-refractivity contribution in [3.63, 3.8) is 0 Å². The van der Waals surface area contributed by atoms with Crippen LogP contribution in [-0.4, -0.2) is 51.1 Å². The molecule has 0 radical (unpaired) electrons. The Hall–Kier alpha value is -3.46. The first-order valence-electron chi connectivity index (χ1n) is 11.6. The predicted molar refractivity (Wildman–Crippen MR) is 146 cm³/mol. The zero-order valence-corrected chi connectivity index (χ0v) is 21.6. The molecule has 36 heavy (non-hydrogen) atoms. The fourth-order valence-corrected chi connectivity index (χ4v) is 4.01. The Morgan fingerprint density at radius 3 is 2.31 bits per heavy atom. The van der Waals surface area contributed by atoms with E-state index in [-0.39, 0.29) is 0 Å². The zero-order chi connectivity index (χ0) is 25.3. The van der Waals surface area contributed by atoms with Gasteiger partial charge in [-0.3, -0.25) is 0 Å². The molecule has 2 N–H and O–H groups in total. The van der Waals surface area contributed by atoms with Gasteiger partial charge in [-0.15, -0.1) is 0 Å². The second-order valence-corrected chi connectivity index (χ2v) is 8.60. The molecule has 186 valence electrons. The number of para-hydroxylation sites is 1. The van der Waals surface area contributed by atoms with E-state index in [1.54, 1.807) is 36.7 Å². The molecule has 2 heterocycles. The number of likely N-dealkylation sites (N-methyl/N-ethyl adjacent to an activating group) is 1. The summed E-state index contributed by atoms with van der Waals surface area (Å²) in [5.41, 5.74) is 2.55. The van der Waals surface area contributed by atoms with E-state index >= 15 is 0 Å². The maximum atomic E-state index is 6.32. The lowest BCUT2D eigenvalue weighted by Gasteiger charge is -2.18. The molecule has 0 amide bonds. The molecule has 0 unspecified atom stereocenters. The first-order chi connectivity index (χ1) is 17.6. The molecule has 2 aromatic carbocycles. The second-order valence-electron chi connectivity index (χ2n) is 7.79. The number of ether oxygens (including phenoxy) is 1. The van der Waals surface area contributed by atoms with Gasteiger partial charge in [0.25, 0.3) is 0 Å². The summed E-state index contributed by atoms with van der Waals surface area (Å²) in [4.78, 5) is 19.9. The van der Waals surface area contributed by atoms with Crippen LogP contribution in [0.2, 0.25) is 10.0 Å². The molecule has 0 aliphatic carbocycles. The summed E-state index contributed by atoms with van der Waals surface area (Å²) in [6.45, 7) is 7.89. The Labute approximate surface area is 220 Å². The SMILES string of the molecule is CCN(CC)CCOc1ccc(Nc2cc(-c3nccnc3Nc3c(Cl)cccc3Cl)ncn2)cc1. The van der Waals surface area contributed by atoms with Gasteiger partial charge in [-0.1, -0.05) is 43.1 Å². The molecule has 0 atom stereocenters. The van der Waals surface area contributed by atoms with Crippen LogP contribution in [0.1, 0.15) is 13.8 Å². The first kappa shape index (κ1) is 25.6. The summed E-state index contributed by atoms with van der Waals surface area (Å²) in [6, 6.07) is 14.8. The van der Waals surface area contributed by atoms with Gasteiger partial charge in [-0.2, -0.15) is 0 Å². The highest BCUT2D eigenvalue weighted by molar-refractivity contribution is 6.39. The largest absolute Gasteiger partial charge is 0.492 e. The fourth-order valence-electron chi connectivity index (χ4n) is 3.52. The van der Waals surface area contributed by atoms with E-state index in [2.05, 4.69) is 49.3 Å². The molecule has 0 aliphatic rings. The van der Waals surface area contributed by atoms with E-state index in [0.29, 0.717) is 45.4 Å². The van der Waals surface area contributed by atoms with E-state index < -0.39 is 0 Å². The molecule has 4 aromatic rings. The van der Waals surface area contributed by atoms with Crippen molar-refractivity contribution in [3.05, 3.63) is 77.3 Å². The summed E-state index contributed by atoms with van der Waals surface area (Å²) < 4.78 is 5.87.